The number of piperazine rings is 1. The Kier molecular flexibility index (Phi) is 2.05. The zero-order chi connectivity index (χ0) is 9.26. The van der Waals surface area contributed by atoms with E-state index in [1.807, 2.05) is 0 Å². The van der Waals surface area contributed by atoms with Crippen LogP contribution in [0.15, 0.2) is 10.8 Å². The lowest BCUT2D eigenvalue weighted by Crippen LogP contribution is -2.65. The van der Waals surface area contributed by atoms with Crippen molar-refractivity contribution in [3.63, 3.8) is 0 Å². The van der Waals surface area contributed by atoms with Gasteiger partial charge in [-0.1, -0.05) is 0 Å². The maximum absolute atomic E-state index is 5.66. The van der Waals surface area contributed by atoms with Gasteiger partial charge < -0.3 is 9.42 Å². The summed E-state index contributed by atoms with van der Waals surface area (Å²) in [5.41, 5.74) is 5.66. The number of anilines is 1. The SMILES string of the molecule is CN1CCN([n+]2nocc2N)CC1. The molecule has 6 nitrogen and oxygen atoms in total. The molecular weight excluding hydrogens is 170 g/mol. The highest BCUT2D eigenvalue weighted by Gasteiger charge is 2.22. The summed E-state index contributed by atoms with van der Waals surface area (Å²) in [4.78, 5) is 3.89. The summed E-state index contributed by atoms with van der Waals surface area (Å²) >= 11 is 0. The van der Waals surface area contributed by atoms with Crippen LogP contribution in [-0.4, -0.2) is 43.4 Å². The summed E-state index contributed by atoms with van der Waals surface area (Å²) < 4.78 is 4.76. The Morgan fingerprint density at radius 1 is 1.46 bits per heavy atom. The highest BCUT2D eigenvalue weighted by atomic mass is 16.5. The van der Waals surface area contributed by atoms with Crippen molar-refractivity contribution in [2.45, 2.75) is 0 Å². The van der Waals surface area contributed by atoms with Crippen molar-refractivity contribution in [3.05, 3.63) is 6.26 Å². The Labute approximate surface area is 76.4 Å². The maximum atomic E-state index is 5.66. The zero-order valence-corrected chi connectivity index (χ0v) is 7.68. The molecule has 2 heterocycles. The van der Waals surface area contributed by atoms with Crippen LogP contribution in [0, 0.1) is 0 Å². The number of likely N-dealkylation sites (N-methyl/N-ethyl adjacent to an activating group) is 1. The summed E-state index contributed by atoms with van der Waals surface area (Å²) in [6.45, 7) is 3.91. The van der Waals surface area contributed by atoms with E-state index in [2.05, 4.69) is 22.2 Å². The van der Waals surface area contributed by atoms with Gasteiger partial charge in [0.05, 0.1) is 13.1 Å². The van der Waals surface area contributed by atoms with E-state index in [0.717, 1.165) is 26.2 Å². The Morgan fingerprint density at radius 3 is 2.69 bits per heavy atom. The number of rotatable bonds is 1. The molecule has 1 aromatic heterocycles. The van der Waals surface area contributed by atoms with E-state index in [0.29, 0.717) is 5.82 Å². The largest absolute Gasteiger partial charge is 0.360 e. The molecule has 1 fully saturated rings. The predicted molar refractivity (Wildman–Crippen MR) is 46.6 cm³/mol. The topological polar surface area (TPSA) is 62.4 Å². The van der Waals surface area contributed by atoms with Crippen LogP contribution in [0.1, 0.15) is 0 Å². The van der Waals surface area contributed by atoms with Gasteiger partial charge in [0, 0.05) is 17.9 Å². The molecule has 0 radical (unpaired) electrons. The molecule has 6 heteroatoms. The fourth-order valence-electron chi connectivity index (χ4n) is 1.42. The van der Waals surface area contributed by atoms with Crippen molar-refractivity contribution in [2.24, 2.45) is 0 Å². The van der Waals surface area contributed by atoms with Gasteiger partial charge in [-0.05, 0) is 7.05 Å². The van der Waals surface area contributed by atoms with Gasteiger partial charge in [-0.15, -0.1) is 0 Å². The molecule has 1 aliphatic rings. The number of nitrogens with two attached hydrogens (primary N) is 1. The number of hydrogen-bond acceptors (Lipinski definition) is 5. The van der Waals surface area contributed by atoms with Gasteiger partial charge in [0.15, 0.2) is 0 Å². The second kappa shape index (κ2) is 3.21. The van der Waals surface area contributed by atoms with Crippen LogP contribution in [0.5, 0.6) is 0 Å². The molecule has 0 spiro atoms. The van der Waals surface area contributed by atoms with E-state index < -0.39 is 0 Å². The van der Waals surface area contributed by atoms with E-state index in [1.54, 1.807) is 4.79 Å². The molecular formula is C7H14N5O+. The van der Waals surface area contributed by atoms with Crippen LogP contribution in [0.3, 0.4) is 0 Å². The number of hydrogen-bond donors (Lipinski definition) is 1. The van der Waals surface area contributed by atoms with Crippen LogP contribution in [0.2, 0.25) is 0 Å². The monoisotopic (exact) mass is 184 g/mol. The lowest BCUT2D eigenvalue weighted by Gasteiger charge is -2.29. The lowest BCUT2D eigenvalue weighted by atomic mass is 10.4. The summed E-state index contributed by atoms with van der Waals surface area (Å²) in [6.07, 6.45) is 1.44. The second-order valence-electron chi connectivity index (χ2n) is 3.28. The average molecular weight is 184 g/mol. The third-order valence-electron chi connectivity index (χ3n) is 2.28. The van der Waals surface area contributed by atoms with Gasteiger partial charge in [-0.25, -0.2) is 5.01 Å². The average Bonchev–Trinajstić information content (AvgIpc) is 2.53. The van der Waals surface area contributed by atoms with E-state index in [9.17, 15) is 0 Å². The molecule has 2 N–H and O–H groups in total. The van der Waals surface area contributed by atoms with Crippen molar-refractivity contribution >= 4 is 5.82 Å². The fourth-order valence-corrected chi connectivity index (χ4v) is 1.42. The predicted octanol–water partition coefficient (Wildman–Crippen LogP) is -1.57. The number of nitrogens with zero attached hydrogens (tertiary/aromatic N) is 4. The van der Waals surface area contributed by atoms with Gasteiger partial charge in [0.2, 0.25) is 6.26 Å². The Bertz CT molecular complexity index is 278. The number of aromatic nitrogens is 2. The molecule has 1 saturated heterocycles. The first-order valence-electron chi connectivity index (χ1n) is 4.33. The Morgan fingerprint density at radius 2 is 2.15 bits per heavy atom. The first kappa shape index (κ1) is 8.31. The molecule has 0 amide bonds. The van der Waals surface area contributed by atoms with Gasteiger partial charge >= 0.3 is 5.82 Å². The van der Waals surface area contributed by atoms with Gasteiger partial charge in [-0.3, -0.25) is 5.73 Å². The highest BCUT2D eigenvalue weighted by molar-refractivity contribution is 5.11. The van der Waals surface area contributed by atoms with Crippen LogP contribution >= 0.6 is 0 Å². The van der Waals surface area contributed by atoms with Crippen molar-refractivity contribution in [1.29, 1.82) is 0 Å². The third kappa shape index (κ3) is 1.57. The summed E-state index contributed by atoms with van der Waals surface area (Å²) in [5.74, 6) is 0.546. The van der Waals surface area contributed by atoms with Crippen LogP contribution < -0.4 is 15.5 Å². The minimum Gasteiger partial charge on any atom is -0.322 e. The molecule has 0 unspecified atom stereocenters. The van der Waals surface area contributed by atoms with Crippen molar-refractivity contribution < 1.29 is 9.31 Å². The number of nitrogen functional groups attached to an aromatic ring is 1. The highest BCUT2D eigenvalue weighted by Crippen LogP contribution is 1.96. The molecule has 0 aromatic carbocycles. The standard InChI is InChI=1S/C7H14N5O/c1-10-2-4-11(5-3-10)12-7(8)6-13-9-12/h6H,2-5,8H2,1H3/q+1. The first-order valence-corrected chi connectivity index (χ1v) is 4.33. The lowest BCUT2D eigenvalue weighted by molar-refractivity contribution is -0.746. The van der Waals surface area contributed by atoms with Crippen molar-refractivity contribution in [2.75, 3.05) is 44.0 Å². The molecule has 0 aliphatic carbocycles. The summed E-state index contributed by atoms with van der Waals surface area (Å²) in [5, 5.41) is 5.86. The smallest absolute Gasteiger partial charge is 0.322 e. The van der Waals surface area contributed by atoms with Gasteiger partial charge in [0.25, 0.3) is 0 Å². The van der Waals surface area contributed by atoms with E-state index in [1.165, 1.54) is 6.26 Å². The van der Waals surface area contributed by atoms with E-state index in [-0.39, 0.29) is 0 Å². The minimum absolute atomic E-state index is 0.546. The maximum Gasteiger partial charge on any atom is 0.360 e. The normalized spacial score (nSPS) is 19.3. The third-order valence-corrected chi connectivity index (χ3v) is 2.28. The molecule has 0 atom stereocenters. The Balaban J connectivity index is 2.06. The van der Waals surface area contributed by atoms with Crippen molar-refractivity contribution in [3.8, 4) is 0 Å². The summed E-state index contributed by atoms with van der Waals surface area (Å²) in [6, 6.07) is 0. The molecule has 0 bridgehead atoms. The molecule has 0 saturated carbocycles. The summed E-state index contributed by atoms with van der Waals surface area (Å²) in [7, 11) is 2.11. The quantitative estimate of drug-likeness (QED) is 0.534. The van der Waals surface area contributed by atoms with Gasteiger partial charge in [0.1, 0.15) is 5.27 Å². The Hall–Kier alpha value is -1.30. The van der Waals surface area contributed by atoms with E-state index in [4.69, 9.17) is 10.3 Å². The van der Waals surface area contributed by atoms with Crippen LogP contribution in [0.4, 0.5) is 5.82 Å². The minimum atomic E-state index is 0.546. The van der Waals surface area contributed by atoms with Crippen LogP contribution in [-0.2, 0) is 0 Å². The molecule has 1 aliphatic heterocycles. The van der Waals surface area contributed by atoms with Crippen LogP contribution in [0.25, 0.3) is 0 Å². The second-order valence-corrected chi connectivity index (χ2v) is 3.28. The fraction of sp³-hybridized carbons (Fsp3) is 0.714. The van der Waals surface area contributed by atoms with Gasteiger partial charge in [-0.2, -0.15) is 0 Å². The van der Waals surface area contributed by atoms with Crippen molar-refractivity contribution in [1.82, 2.24) is 10.2 Å². The molecule has 1 aromatic rings. The molecule has 72 valence electrons. The molecule has 2 rings (SSSR count). The first-order chi connectivity index (χ1) is 6.27. The van der Waals surface area contributed by atoms with E-state index >= 15 is 0 Å². The molecule has 13 heavy (non-hydrogen) atoms. The zero-order valence-electron chi connectivity index (χ0n) is 7.68.